The molecule has 1 aliphatic carbocycles. The quantitative estimate of drug-likeness (QED) is 0.794. The number of anilines is 1. The summed E-state index contributed by atoms with van der Waals surface area (Å²) < 4.78 is 1.83. The lowest BCUT2D eigenvalue weighted by atomic mass is 10.1. The number of nitrogens with two attached hydrogens (primary N) is 1. The van der Waals surface area contributed by atoms with Crippen LogP contribution in [-0.2, 0) is 19.9 Å². The Bertz CT molecular complexity index is 615. The predicted octanol–water partition coefficient (Wildman–Crippen LogP) is 2.04. The van der Waals surface area contributed by atoms with Crippen molar-refractivity contribution >= 4 is 5.82 Å². The highest BCUT2D eigenvalue weighted by Gasteiger charge is 2.17. The van der Waals surface area contributed by atoms with Gasteiger partial charge >= 0.3 is 0 Å². The first-order valence-electron chi connectivity index (χ1n) is 6.81. The monoisotopic (exact) mass is 257 g/mol. The fraction of sp³-hybridized carbons (Fsp3) is 0.500. The zero-order valence-corrected chi connectivity index (χ0v) is 11.5. The second-order valence-electron chi connectivity index (χ2n) is 5.19. The highest BCUT2D eigenvalue weighted by Crippen LogP contribution is 2.27. The number of aryl methyl sites for hydroxylation is 2. The molecule has 0 aliphatic heterocycles. The van der Waals surface area contributed by atoms with E-state index >= 15 is 0 Å². The smallest absolute Gasteiger partial charge is 0.165 e. The summed E-state index contributed by atoms with van der Waals surface area (Å²) in [6.45, 7) is 2.02. The lowest BCUT2D eigenvalue weighted by Crippen LogP contribution is -2.06. The van der Waals surface area contributed by atoms with Crippen LogP contribution in [0.3, 0.4) is 0 Å². The number of nitrogen functional groups attached to an aromatic ring is 1. The van der Waals surface area contributed by atoms with Gasteiger partial charge in [-0.3, -0.25) is 4.68 Å². The Labute approximate surface area is 112 Å². The first-order chi connectivity index (χ1) is 9.16. The van der Waals surface area contributed by atoms with Gasteiger partial charge in [-0.05, 0) is 32.6 Å². The maximum absolute atomic E-state index is 6.13. The minimum Gasteiger partial charge on any atom is -0.383 e. The molecule has 0 bridgehead atoms. The maximum atomic E-state index is 6.13. The molecule has 0 spiro atoms. The van der Waals surface area contributed by atoms with Crippen molar-refractivity contribution in [1.82, 2.24) is 19.7 Å². The van der Waals surface area contributed by atoms with Crippen LogP contribution in [0.5, 0.6) is 0 Å². The molecule has 1 aliphatic rings. The lowest BCUT2D eigenvalue weighted by Gasteiger charge is -2.10. The Hall–Kier alpha value is -1.91. The van der Waals surface area contributed by atoms with E-state index in [4.69, 9.17) is 10.7 Å². The van der Waals surface area contributed by atoms with Gasteiger partial charge in [0.1, 0.15) is 5.82 Å². The summed E-state index contributed by atoms with van der Waals surface area (Å²) in [5, 5.41) is 4.25. The summed E-state index contributed by atoms with van der Waals surface area (Å²) in [5.74, 6) is 1.36. The van der Waals surface area contributed by atoms with Gasteiger partial charge < -0.3 is 5.73 Å². The first-order valence-corrected chi connectivity index (χ1v) is 6.81. The average molecular weight is 257 g/mol. The van der Waals surface area contributed by atoms with Gasteiger partial charge in [0.2, 0.25) is 0 Å². The van der Waals surface area contributed by atoms with Gasteiger partial charge in [-0.2, -0.15) is 5.10 Å². The summed E-state index contributed by atoms with van der Waals surface area (Å²) in [4.78, 5) is 9.22. The van der Waals surface area contributed by atoms with E-state index in [2.05, 4.69) is 10.1 Å². The zero-order chi connectivity index (χ0) is 13.4. The van der Waals surface area contributed by atoms with E-state index in [1.165, 1.54) is 19.3 Å². The van der Waals surface area contributed by atoms with Crippen LogP contribution in [-0.4, -0.2) is 19.7 Å². The van der Waals surface area contributed by atoms with Gasteiger partial charge in [0.05, 0.1) is 11.8 Å². The van der Waals surface area contributed by atoms with Crippen LogP contribution in [0.1, 0.15) is 36.2 Å². The second kappa shape index (κ2) is 4.64. The van der Waals surface area contributed by atoms with E-state index in [1.54, 1.807) is 0 Å². The zero-order valence-electron chi connectivity index (χ0n) is 11.5. The number of nitrogens with zero attached hydrogens (tertiary/aromatic N) is 4. The number of hydrogen-bond acceptors (Lipinski definition) is 4. The summed E-state index contributed by atoms with van der Waals surface area (Å²) in [6, 6.07) is 0. The van der Waals surface area contributed by atoms with Crippen molar-refractivity contribution in [3.63, 3.8) is 0 Å². The van der Waals surface area contributed by atoms with Crippen molar-refractivity contribution in [1.29, 1.82) is 0 Å². The third-order valence-corrected chi connectivity index (χ3v) is 3.94. The Morgan fingerprint density at radius 3 is 2.68 bits per heavy atom. The number of hydrogen-bond donors (Lipinski definition) is 1. The molecule has 0 saturated carbocycles. The van der Waals surface area contributed by atoms with Crippen LogP contribution in [0.4, 0.5) is 5.82 Å². The van der Waals surface area contributed by atoms with Crippen molar-refractivity contribution in [2.24, 2.45) is 7.05 Å². The molecule has 0 radical (unpaired) electrons. The summed E-state index contributed by atoms with van der Waals surface area (Å²) in [6.07, 6.45) is 7.45. The van der Waals surface area contributed by atoms with Crippen LogP contribution in [0, 0.1) is 6.92 Å². The molecule has 3 rings (SSSR count). The van der Waals surface area contributed by atoms with E-state index in [0.717, 1.165) is 35.4 Å². The highest BCUT2D eigenvalue weighted by atomic mass is 15.3. The minimum absolute atomic E-state index is 0.644. The van der Waals surface area contributed by atoms with Crippen LogP contribution < -0.4 is 5.73 Å². The van der Waals surface area contributed by atoms with Gasteiger partial charge in [0.25, 0.3) is 0 Å². The SMILES string of the molecule is Cc1c(-c2nc(N)c3c(n2)CCCCC3)cnn1C. The van der Waals surface area contributed by atoms with E-state index in [0.29, 0.717) is 11.6 Å². The molecule has 0 amide bonds. The molecule has 100 valence electrons. The second-order valence-corrected chi connectivity index (χ2v) is 5.19. The summed E-state index contributed by atoms with van der Waals surface area (Å²) >= 11 is 0. The number of aromatic nitrogens is 4. The molecule has 5 nitrogen and oxygen atoms in total. The van der Waals surface area contributed by atoms with E-state index in [9.17, 15) is 0 Å². The summed E-state index contributed by atoms with van der Waals surface area (Å²) in [5.41, 5.74) is 10.4. The van der Waals surface area contributed by atoms with E-state index in [-0.39, 0.29) is 0 Å². The fourth-order valence-corrected chi connectivity index (χ4v) is 2.64. The topological polar surface area (TPSA) is 69.6 Å². The Balaban J connectivity index is 2.11. The van der Waals surface area contributed by atoms with Crippen molar-refractivity contribution < 1.29 is 0 Å². The average Bonchev–Trinajstić information content (AvgIpc) is 2.62. The third-order valence-electron chi connectivity index (χ3n) is 3.94. The molecule has 0 aromatic carbocycles. The molecule has 2 heterocycles. The molecule has 0 saturated heterocycles. The Morgan fingerprint density at radius 1 is 1.16 bits per heavy atom. The van der Waals surface area contributed by atoms with E-state index < -0.39 is 0 Å². The van der Waals surface area contributed by atoms with Crippen LogP contribution in [0.2, 0.25) is 0 Å². The molecule has 19 heavy (non-hydrogen) atoms. The maximum Gasteiger partial charge on any atom is 0.165 e. The molecule has 2 aromatic heterocycles. The Kier molecular flexibility index (Phi) is 2.97. The van der Waals surface area contributed by atoms with Crippen LogP contribution in [0.15, 0.2) is 6.20 Å². The fourth-order valence-electron chi connectivity index (χ4n) is 2.64. The van der Waals surface area contributed by atoms with Crippen molar-refractivity contribution in [3.8, 4) is 11.4 Å². The van der Waals surface area contributed by atoms with E-state index in [1.807, 2.05) is 24.9 Å². The van der Waals surface area contributed by atoms with Crippen molar-refractivity contribution in [3.05, 3.63) is 23.1 Å². The normalized spacial score (nSPS) is 15.1. The summed E-state index contributed by atoms with van der Waals surface area (Å²) in [7, 11) is 1.92. The molecule has 0 unspecified atom stereocenters. The molecule has 2 N–H and O–H groups in total. The van der Waals surface area contributed by atoms with Gasteiger partial charge in [0, 0.05) is 24.0 Å². The predicted molar refractivity (Wildman–Crippen MR) is 74.6 cm³/mol. The minimum atomic E-state index is 0.644. The van der Waals surface area contributed by atoms with Gasteiger partial charge in [-0.15, -0.1) is 0 Å². The van der Waals surface area contributed by atoms with Crippen molar-refractivity contribution in [2.45, 2.75) is 39.0 Å². The molecule has 0 fully saturated rings. The van der Waals surface area contributed by atoms with Gasteiger partial charge in [-0.25, -0.2) is 9.97 Å². The van der Waals surface area contributed by atoms with Crippen LogP contribution in [0.25, 0.3) is 11.4 Å². The standard InChI is InChI=1S/C14H19N5/c1-9-11(8-16-19(9)2)14-17-12-7-5-3-4-6-10(12)13(15)18-14/h8H,3-7H2,1-2H3,(H2,15,17,18). The largest absolute Gasteiger partial charge is 0.383 e. The molecule has 0 atom stereocenters. The molecule has 5 heteroatoms. The number of rotatable bonds is 1. The molecular formula is C14H19N5. The molecular weight excluding hydrogens is 238 g/mol. The van der Waals surface area contributed by atoms with Crippen LogP contribution >= 0.6 is 0 Å². The van der Waals surface area contributed by atoms with Gasteiger partial charge in [0.15, 0.2) is 5.82 Å². The lowest BCUT2D eigenvalue weighted by molar-refractivity contribution is 0.709. The molecule has 2 aromatic rings. The highest BCUT2D eigenvalue weighted by molar-refractivity contribution is 5.60. The third kappa shape index (κ3) is 2.09. The first kappa shape index (κ1) is 12.1. The van der Waals surface area contributed by atoms with Crippen molar-refractivity contribution in [2.75, 3.05) is 5.73 Å². The van der Waals surface area contributed by atoms with Gasteiger partial charge in [-0.1, -0.05) is 6.42 Å². The Morgan fingerprint density at radius 2 is 1.95 bits per heavy atom. The number of fused-ring (bicyclic) bond motifs is 1.